The molecule has 0 spiro atoms. The zero-order chi connectivity index (χ0) is 19.1. The fourth-order valence-corrected chi connectivity index (χ4v) is 4.03. The maximum atomic E-state index is 11.1. The van der Waals surface area contributed by atoms with E-state index in [9.17, 15) is 5.11 Å². The quantitative estimate of drug-likeness (QED) is 0.688. The Morgan fingerprint density at radius 1 is 0.964 bits per heavy atom. The second kappa shape index (κ2) is 6.97. The molecule has 140 valence electrons. The number of aliphatic hydroxyl groups excluding tert-OH is 1. The van der Waals surface area contributed by atoms with Crippen molar-refractivity contribution in [3.05, 3.63) is 101 Å². The SMILES string of the molecule is OC(c1ccc(Cl)cc1)C1Oc2ccccc2C2CC(c3ccccc3)=NN21. The Kier molecular flexibility index (Phi) is 4.30. The van der Waals surface area contributed by atoms with Crippen LogP contribution in [0.4, 0.5) is 0 Å². The van der Waals surface area contributed by atoms with Gasteiger partial charge in [-0.05, 0) is 29.3 Å². The molecule has 0 aromatic heterocycles. The molecule has 1 N–H and O–H groups in total. The highest BCUT2D eigenvalue weighted by Crippen LogP contribution is 2.45. The molecule has 0 amide bonds. The monoisotopic (exact) mass is 390 g/mol. The Morgan fingerprint density at radius 3 is 2.46 bits per heavy atom. The van der Waals surface area contributed by atoms with Gasteiger partial charge in [0, 0.05) is 17.0 Å². The number of hydrazone groups is 1. The van der Waals surface area contributed by atoms with Gasteiger partial charge in [-0.2, -0.15) is 5.10 Å². The third kappa shape index (κ3) is 2.95. The molecule has 0 saturated carbocycles. The first-order chi connectivity index (χ1) is 13.7. The van der Waals surface area contributed by atoms with Crippen molar-refractivity contribution >= 4 is 17.3 Å². The number of ether oxygens (including phenoxy) is 1. The lowest BCUT2D eigenvalue weighted by atomic mass is 9.95. The van der Waals surface area contributed by atoms with Crippen molar-refractivity contribution in [1.82, 2.24) is 5.01 Å². The number of aliphatic hydroxyl groups is 1. The van der Waals surface area contributed by atoms with Crippen LogP contribution < -0.4 is 4.74 Å². The van der Waals surface area contributed by atoms with Crippen LogP contribution in [0.5, 0.6) is 5.75 Å². The lowest BCUT2D eigenvalue weighted by Gasteiger charge is -2.40. The summed E-state index contributed by atoms with van der Waals surface area (Å²) in [5, 5.41) is 18.5. The predicted molar refractivity (Wildman–Crippen MR) is 109 cm³/mol. The topological polar surface area (TPSA) is 45.1 Å². The fourth-order valence-electron chi connectivity index (χ4n) is 3.90. The van der Waals surface area contributed by atoms with Crippen molar-refractivity contribution in [3.63, 3.8) is 0 Å². The molecule has 5 heteroatoms. The molecular weight excluding hydrogens is 372 g/mol. The molecule has 5 rings (SSSR count). The predicted octanol–water partition coefficient (Wildman–Crippen LogP) is 4.94. The van der Waals surface area contributed by atoms with Crippen LogP contribution >= 0.6 is 11.6 Å². The number of fused-ring (bicyclic) bond motifs is 3. The molecule has 2 aliphatic rings. The molecule has 0 aliphatic carbocycles. The highest BCUT2D eigenvalue weighted by atomic mass is 35.5. The van der Waals surface area contributed by atoms with Gasteiger partial charge in [-0.3, -0.25) is 0 Å². The van der Waals surface area contributed by atoms with Crippen molar-refractivity contribution in [2.24, 2.45) is 5.10 Å². The van der Waals surface area contributed by atoms with Crippen LogP contribution in [-0.4, -0.2) is 22.1 Å². The van der Waals surface area contributed by atoms with Crippen molar-refractivity contribution in [1.29, 1.82) is 0 Å². The number of hydrogen-bond acceptors (Lipinski definition) is 4. The zero-order valence-corrected chi connectivity index (χ0v) is 15.8. The second-order valence-electron chi connectivity index (χ2n) is 7.06. The van der Waals surface area contributed by atoms with Gasteiger partial charge in [-0.1, -0.05) is 72.3 Å². The molecule has 0 radical (unpaired) electrons. The first-order valence-electron chi connectivity index (χ1n) is 9.31. The van der Waals surface area contributed by atoms with E-state index < -0.39 is 12.3 Å². The molecule has 0 fully saturated rings. The van der Waals surface area contributed by atoms with Crippen LogP contribution in [0.25, 0.3) is 0 Å². The molecule has 28 heavy (non-hydrogen) atoms. The first kappa shape index (κ1) is 17.3. The van der Waals surface area contributed by atoms with E-state index in [1.807, 2.05) is 53.5 Å². The summed E-state index contributed by atoms with van der Waals surface area (Å²) in [6.07, 6.45) is -0.692. The van der Waals surface area contributed by atoms with E-state index in [0.29, 0.717) is 5.02 Å². The van der Waals surface area contributed by atoms with Gasteiger partial charge in [0.05, 0.1) is 11.8 Å². The normalized spacial score (nSPS) is 21.4. The second-order valence-corrected chi connectivity index (χ2v) is 7.49. The highest BCUT2D eigenvalue weighted by molar-refractivity contribution is 6.30. The third-order valence-corrected chi connectivity index (χ3v) is 5.57. The van der Waals surface area contributed by atoms with Gasteiger partial charge in [-0.15, -0.1) is 0 Å². The van der Waals surface area contributed by atoms with E-state index in [4.69, 9.17) is 21.4 Å². The Balaban J connectivity index is 1.55. The summed E-state index contributed by atoms with van der Waals surface area (Å²) in [6.45, 7) is 0. The number of benzene rings is 3. The van der Waals surface area contributed by atoms with Crippen molar-refractivity contribution in [2.75, 3.05) is 0 Å². The van der Waals surface area contributed by atoms with Crippen molar-refractivity contribution < 1.29 is 9.84 Å². The molecule has 4 nitrogen and oxygen atoms in total. The van der Waals surface area contributed by atoms with Crippen LogP contribution in [0.1, 0.15) is 35.3 Å². The van der Waals surface area contributed by atoms with Gasteiger partial charge >= 0.3 is 0 Å². The van der Waals surface area contributed by atoms with E-state index in [-0.39, 0.29) is 6.04 Å². The smallest absolute Gasteiger partial charge is 0.217 e. The van der Waals surface area contributed by atoms with Crippen LogP contribution in [0.3, 0.4) is 0 Å². The zero-order valence-electron chi connectivity index (χ0n) is 15.1. The average Bonchev–Trinajstić information content (AvgIpc) is 3.20. The number of hydrogen-bond donors (Lipinski definition) is 1. The molecule has 3 atom stereocenters. The van der Waals surface area contributed by atoms with Crippen molar-refractivity contribution in [2.45, 2.75) is 24.8 Å². The number of para-hydroxylation sites is 1. The van der Waals surface area contributed by atoms with Crippen LogP contribution in [-0.2, 0) is 0 Å². The maximum absolute atomic E-state index is 11.1. The minimum atomic E-state index is -0.855. The van der Waals surface area contributed by atoms with E-state index in [2.05, 4.69) is 18.2 Å². The van der Waals surface area contributed by atoms with E-state index >= 15 is 0 Å². The maximum Gasteiger partial charge on any atom is 0.217 e. The van der Waals surface area contributed by atoms with Gasteiger partial charge in [0.1, 0.15) is 11.9 Å². The summed E-state index contributed by atoms with van der Waals surface area (Å²) in [7, 11) is 0. The summed E-state index contributed by atoms with van der Waals surface area (Å²) in [5.41, 5.74) is 3.93. The fraction of sp³-hybridized carbons (Fsp3) is 0.174. The standard InChI is InChI=1S/C23H19ClN2O2/c24-17-12-10-16(11-13-17)22(27)23-26-20(18-8-4-5-9-21(18)28-23)14-19(25-26)15-6-2-1-3-7-15/h1-13,20,22-23,27H,14H2. The minimum Gasteiger partial charge on any atom is -0.466 e. The molecule has 0 bridgehead atoms. The Labute approximate surface area is 168 Å². The largest absolute Gasteiger partial charge is 0.466 e. The van der Waals surface area contributed by atoms with E-state index in [0.717, 1.165) is 34.6 Å². The lowest BCUT2D eigenvalue weighted by molar-refractivity contribution is -0.0948. The van der Waals surface area contributed by atoms with Gasteiger partial charge < -0.3 is 9.84 Å². The van der Waals surface area contributed by atoms with Crippen LogP contribution in [0, 0.1) is 0 Å². The number of halogens is 1. The molecule has 3 aromatic carbocycles. The van der Waals surface area contributed by atoms with Gasteiger partial charge in [-0.25, -0.2) is 5.01 Å². The third-order valence-electron chi connectivity index (χ3n) is 5.32. The molecule has 3 aromatic rings. The summed E-state index contributed by atoms with van der Waals surface area (Å²) in [6, 6.07) is 25.4. The summed E-state index contributed by atoms with van der Waals surface area (Å²) in [4.78, 5) is 0. The summed E-state index contributed by atoms with van der Waals surface area (Å²) in [5.74, 6) is 0.797. The summed E-state index contributed by atoms with van der Waals surface area (Å²) >= 11 is 6.00. The lowest BCUT2D eigenvalue weighted by Crippen LogP contribution is -2.44. The van der Waals surface area contributed by atoms with E-state index in [1.165, 1.54) is 0 Å². The van der Waals surface area contributed by atoms with Crippen LogP contribution in [0.2, 0.25) is 5.02 Å². The number of rotatable bonds is 3. The Hall–Kier alpha value is -2.82. The minimum absolute atomic E-state index is 0.0344. The van der Waals surface area contributed by atoms with Crippen LogP contribution in [0.15, 0.2) is 84.0 Å². The molecule has 0 saturated heterocycles. The average molecular weight is 391 g/mol. The van der Waals surface area contributed by atoms with Gasteiger partial charge in [0.25, 0.3) is 0 Å². The first-order valence-corrected chi connectivity index (χ1v) is 9.69. The highest BCUT2D eigenvalue weighted by Gasteiger charge is 2.43. The Bertz CT molecular complexity index is 1020. The van der Waals surface area contributed by atoms with Crippen molar-refractivity contribution in [3.8, 4) is 5.75 Å². The molecule has 2 heterocycles. The molecule has 2 aliphatic heterocycles. The molecular formula is C23H19ClN2O2. The number of nitrogens with zero attached hydrogens (tertiary/aromatic N) is 2. The van der Waals surface area contributed by atoms with Gasteiger partial charge in [0.15, 0.2) is 0 Å². The van der Waals surface area contributed by atoms with Gasteiger partial charge in [0.2, 0.25) is 6.23 Å². The van der Waals surface area contributed by atoms with E-state index in [1.54, 1.807) is 12.1 Å². The molecule has 3 unspecified atom stereocenters. The Morgan fingerprint density at radius 2 is 1.68 bits per heavy atom. The summed E-state index contributed by atoms with van der Waals surface area (Å²) < 4.78 is 6.21.